The molecular formula is C26H33NO4. The number of likely N-dealkylation sites (tertiary alicyclic amines) is 1. The van der Waals surface area contributed by atoms with Crippen LogP contribution in [-0.2, 0) is 9.53 Å². The lowest BCUT2D eigenvalue weighted by molar-refractivity contribution is -0.156. The van der Waals surface area contributed by atoms with Gasteiger partial charge in [0.1, 0.15) is 5.75 Å². The minimum Gasteiger partial charge on any atom is -0.476 e. The predicted octanol–water partition coefficient (Wildman–Crippen LogP) is 5.16. The normalized spacial score (nSPS) is 16.8. The Balaban J connectivity index is 1.74. The molecule has 0 aliphatic carbocycles. The van der Waals surface area contributed by atoms with Gasteiger partial charge in [-0.3, -0.25) is 4.79 Å². The van der Waals surface area contributed by atoms with Gasteiger partial charge < -0.3 is 14.4 Å². The standard InChI is InChI=1S/C26H33NO4/c1-18(2)19-9-6-11-21(15-19)24(28)27-14-8-12-22(17-27)20-10-7-13-23(16-20)31-26(3,4)25(29)30-5/h6-7,9-11,13,15-16,18,22H,8,12,14,17H2,1-5H3. The van der Waals surface area contributed by atoms with E-state index in [4.69, 9.17) is 9.47 Å². The van der Waals surface area contributed by atoms with Crippen molar-refractivity contribution in [3.05, 3.63) is 65.2 Å². The second-order valence-electron chi connectivity index (χ2n) is 9.05. The lowest BCUT2D eigenvalue weighted by atomic mass is 9.90. The van der Waals surface area contributed by atoms with Crippen LogP contribution in [0.3, 0.4) is 0 Å². The van der Waals surface area contributed by atoms with Gasteiger partial charge in [0.25, 0.3) is 5.91 Å². The molecule has 2 aromatic carbocycles. The molecule has 2 aromatic rings. The highest BCUT2D eigenvalue weighted by atomic mass is 16.6. The smallest absolute Gasteiger partial charge is 0.349 e. The monoisotopic (exact) mass is 423 g/mol. The van der Waals surface area contributed by atoms with Crippen LogP contribution in [0, 0.1) is 0 Å². The Morgan fingerprint density at radius 3 is 2.55 bits per heavy atom. The van der Waals surface area contributed by atoms with Crippen molar-refractivity contribution in [3.8, 4) is 5.75 Å². The molecule has 31 heavy (non-hydrogen) atoms. The quantitative estimate of drug-likeness (QED) is 0.602. The van der Waals surface area contributed by atoms with Crippen molar-refractivity contribution in [2.75, 3.05) is 20.2 Å². The molecule has 0 radical (unpaired) electrons. The third-order valence-corrected chi connectivity index (χ3v) is 5.89. The number of benzene rings is 2. The summed E-state index contributed by atoms with van der Waals surface area (Å²) < 4.78 is 10.7. The molecule has 166 valence electrons. The van der Waals surface area contributed by atoms with E-state index in [1.165, 1.54) is 12.7 Å². The van der Waals surface area contributed by atoms with Crippen LogP contribution in [0.4, 0.5) is 0 Å². The number of esters is 1. The molecule has 0 spiro atoms. The van der Waals surface area contributed by atoms with E-state index in [1.807, 2.05) is 41.3 Å². The molecule has 1 fully saturated rings. The van der Waals surface area contributed by atoms with Gasteiger partial charge in [0.2, 0.25) is 0 Å². The molecule has 1 aliphatic heterocycles. The fraction of sp³-hybridized carbons (Fsp3) is 0.462. The number of nitrogens with zero attached hydrogens (tertiary/aromatic N) is 1. The van der Waals surface area contributed by atoms with E-state index >= 15 is 0 Å². The van der Waals surface area contributed by atoms with E-state index < -0.39 is 11.6 Å². The second kappa shape index (κ2) is 9.54. The summed E-state index contributed by atoms with van der Waals surface area (Å²) in [5, 5.41) is 0. The average molecular weight is 424 g/mol. The topological polar surface area (TPSA) is 55.8 Å². The zero-order valence-corrected chi connectivity index (χ0v) is 19.2. The van der Waals surface area contributed by atoms with Crippen molar-refractivity contribution in [2.45, 2.75) is 58.0 Å². The molecule has 3 rings (SSSR count). The van der Waals surface area contributed by atoms with Gasteiger partial charge >= 0.3 is 5.97 Å². The summed E-state index contributed by atoms with van der Waals surface area (Å²) in [6.07, 6.45) is 1.97. The SMILES string of the molecule is COC(=O)C(C)(C)Oc1cccc(C2CCCN(C(=O)c3cccc(C(C)C)c3)C2)c1. The summed E-state index contributed by atoms with van der Waals surface area (Å²) in [5.74, 6) is 0.915. The molecule has 1 heterocycles. The first kappa shape index (κ1) is 22.9. The van der Waals surface area contributed by atoms with Crippen LogP contribution in [0.5, 0.6) is 5.75 Å². The fourth-order valence-electron chi connectivity index (χ4n) is 4.06. The van der Waals surface area contributed by atoms with Crippen molar-refractivity contribution < 1.29 is 19.1 Å². The second-order valence-corrected chi connectivity index (χ2v) is 9.05. The zero-order valence-electron chi connectivity index (χ0n) is 19.2. The van der Waals surface area contributed by atoms with Crippen LogP contribution in [0.1, 0.15) is 73.9 Å². The van der Waals surface area contributed by atoms with E-state index in [-0.39, 0.29) is 11.8 Å². The maximum absolute atomic E-state index is 13.2. The highest BCUT2D eigenvalue weighted by molar-refractivity contribution is 5.94. The Hall–Kier alpha value is -2.82. The molecule has 0 aromatic heterocycles. The van der Waals surface area contributed by atoms with Crippen LogP contribution in [-0.4, -0.2) is 42.6 Å². The molecular weight excluding hydrogens is 390 g/mol. The van der Waals surface area contributed by atoms with Crippen LogP contribution in [0.25, 0.3) is 0 Å². The number of methoxy groups -OCH3 is 1. The summed E-state index contributed by atoms with van der Waals surface area (Å²) in [7, 11) is 1.36. The number of carbonyl (C=O) groups is 2. The molecule has 5 heteroatoms. The minimum atomic E-state index is -1.07. The van der Waals surface area contributed by atoms with Gasteiger partial charge in [-0.25, -0.2) is 4.79 Å². The van der Waals surface area contributed by atoms with E-state index in [2.05, 4.69) is 26.0 Å². The molecule has 1 unspecified atom stereocenters. The van der Waals surface area contributed by atoms with Crippen molar-refractivity contribution in [2.24, 2.45) is 0 Å². The number of ether oxygens (including phenoxy) is 2. The third-order valence-electron chi connectivity index (χ3n) is 5.89. The number of hydrogen-bond donors (Lipinski definition) is 0. The Bertz CT molecular complexity index is 935. The summed E-state index contributed by atoms with van der Waals surface area (Å²) in [4.78, 5) is 27.1. The molecule has 0 N–H and O–H groups in total. The Morgan fingerprint density at radius 1 is 1.10 bits per heavy atom. The molecule has 1 aliphatic rings. The first-order valence-corrected chi connectivity index (χ1v) is 11.0. The van der Waals surface area contributed by atoms with Crippen molar-refractivity contribution in [1.29, 1.82) is 0 Å². The highest BCUT2D eigenvalue weighted by Gasteiger charge is 2.31. The molecule has 1 atom stereocenters. The maximum atomic E-state index is 13.2. The van der Waals surface area contributed by atoms with Crippen molar-refractivity contribution in [3.63, 3.8) is 0 Å². The van der Waals surface area contributed by atoms with Gasteiger partial charge in [-0.15, -0.1) is 0 Å². The van der Waals surface area contributed by atoms with E-state index in [9.17, 15) is 9.59 Å². The first-order chi connectivity index (χ1) is 14.7. The first-order valence-electron chi connectivity index (χ1n) is 11.0. The van der Waals surface area contributed by atoms with Crippen molar-refractivity contribution >= 4 is 11.9 Å². The highest BCUT2D eigenvalue weighted by Crippen LogP contribution is 2.31. The maximum Gasteiger partial charge on any atom is 0.349 e. The fourth-order valence-corrected chi connectivity index (χ4v) is 4.06. The van der Waals surface area contributed by atoms with Gasteiger partial charge in [0.15, 0.2) is 5.60 Å². The summed E-state index contributed by atoms with van der Waals surface area (Å²) >= 11 is 0. The van der Waals surface area contributed by atoms with Gasteiger partial charge in [-0.05, 0) is 68.0 Å². The number of piperidine rings is 1. The van der Waals surface area contributed by atoms with Gasteiger partial charge in [-0.1, -0.05) is 38.1 Å². The summed E-state index contributed by atoms with van der Waals surface area (Å²) in [6.45, 7) is 9.10. The third kappa shape index (κ3) is 5.46. The number of hydrogen-bond acceptors (Lipinski definition) is 4. The number of amides is 1. The summed E-state index contributed by atoms with van der Waals surface area (Å²) in [5.41, 5.74) is 1.98. The zero-order chi connectivity index (χ0) is 22.6. The largest absolute Gasteiger partial charge is 0.476 e. The lowest BCUT2D eigenvalue weighted by Crippen LogP contribution is -2.39. The van der Waals surface area contributed by atoms with Gasteiger partial charge in [-0.2, -0.15) is 0 Å². The van der Waals surface area contributed by atoms with E-state index in [0.29, 0.717) is 18.2 Å². The van der Waals surface area contributed by atoms with Crippen LogP contribution in [0.15, 0.2) is 48.5 Å². The Labute approximate surface area is 185 Å². The predicted molar refractivity (Wildman–Crippen MR) is 122 cm³/mol. The number of rotatable bonds is 6. The van der Waals surface area contributed by atoms with Crippen LogP contribution in [0.2, 0.25) is 0 Å². The average Bonchev–Trinajstić information content (AvgIpc) is 2.78. The Morgan fingerprint density at radius 2 is 1.84 bits per heavy atom. The minimum absolute atomic E-state index is 0.0893. The molecule has 1 amide bonds. The van der Waals surface area contributed by atoms with E-state index in [0.717, 1.165) is 30.5 Å². The molecule has 1 saturated heterocycles. The molecule has 5 nitrogen and oxygen atoms in total. The van der Waals surface area contributed by atoms with Gasteiger partial charge in [0.05, 0.1) is 7.11 Å². The van der Waals surface area contributed by atoms with Crippen LogP contribution < -0.4 is 4.74 Å². The molecule has 0 saturated carbocycles. The number of carbonyl (C=O) groups excluding carboxylic acids is 2. The molecule has 0 bridgehead atoms. The van der Waals surface area contributed by atoms with Crippen molar-refractivity contribution in [1.82, 2.24) is 4.90 Å². The van der Waals surface area contributed by atoms with Gasteiger partial charge in [0, 0.05) is 24.6 Å². The summed E-state index contributed by atoms with van der Waals surface area (Å²) in [6, 6.07) is 15.8. The lowest BCUT2D eigenvalue weighted by Gasteiger charge is -2.33. The van der Waals surface area contributed by atoms with Crippen LogP contribution >= 0.6 is 0 Å². The Kier molecular flexibility index (Phi) is 7.04. The van der Waals surface area contributed by atoms with E-state index in [1.54, 1.807) is 13.8 Å².